The zero-order valence-electron chi connectivity index (χ0n) is 12.1. The van der Waals surface area contributed by atoms with Gasteiger partial charge in [0.05, 0.1) is 18.9 Å². The van der Waals surface area contributed by atoms with Gasteiger partial charge in [0.1, 0.15) is 0 Å². The molecule has 4 nitrogen and oxygen atoms in total. The van der Waals surface area contributed by atoms with E-state index in [4.69, 9.17) is 10.5 Å². The van der Waals surface area contributed by atoms with Crippen molar-refractivity contribution in [2.75, 3.05) is 6.61 Å². The normalized spacial score (nSPS) is 13.8. The topological polar surface area (TPSA) is 53.1 Å². The summed E-state index contributed by atoms with van der Waals surface area (Å²) in [6, 6.07) is 2.46. The lowest BCUT2D eigenvalue weighted by atomic mass is 9.96. The highest BCUT2D eigenvalue weighted by molar-refractivity contribution is 4.98. The Labute approximate surface area is 111 Å². The number of nitrogens with zero attached hydrogens (tertiary/aromatic N) is 2. The fourth-order valence-electron chi connectivity index (χ4n) is 1.70. The molecule has 0 saturated heterocycles. The molecule has 1 rings (SSSR count). The summed E-state index contributed by atoms with van der Waals surface area (Å²) >= 11 is 0. The van der Waals surface area contributed by atoms with Gasteiger partial charge in [0, 0.05) is 17.8 Å². The molecule has 0 aliphatic carbocycles. The average molecular weight is 253 g/mol. The van der Waals surface area contributed by atoms with Crippen molar-refractivity contribution in [2.45, 2.75) is 65.1 Å². The zero-order chi connectivity index (χ0) is 13.6. The van der Waals surface area contributed by atoms with Gasteiger partial charge in [0.2, 0.25) is 0 Å². The highest BCUT2D eigenvalue weighted by atomic mass is 16.5. The summed E-state index contributed by atoms with van der Waals surface area (Å²) in [6.07, 6.45) is 4.97. The van der Waals surface area contributed by atoms with Crippen molar-refractivity contribution in [2.24, 2.45) is 5.73 Å². The second kappa shape index (κ2) is 6.90. The molecule has 0 aromatic carbocycles. The van der Waals surface area contributed by atoms with Crippen LogP contribution >= 0.6 is 0 Å². The van der Waals surface area contributed by atoms with E-state index in [0.717, 1.165) is 25.0 Å². The summed E-state index contributed by atoms with van der Waals surface area (Å²) in [5.74, 6) is 0. The second-order valence-corrected chi connectivity index (χ2v) is 5.11. The van der Waals surface area contributed by atoms with Gasteiger partial charge in [-0.2, -0.15) is 5.10 Å². The van der Waals surface area contributed by atoms with Crippen LogP contribution in [0.4, 0.5) is 0 Å². The third kappa shape index (κ3) is 4.10. The molecule has 0 amide bonds. The van der Waals surface area contributed by atoms with Gasteiger partial charge in [0.25, 0.3) is 0 Å². The van der Waals surface area contributed by atoms with Crippen molar-refractivity contribution in [3.8, 4) is 0 Å². The number of nitrogens with two attached hydrogens (primary N) is 1. The van der Waals surface area contributed by atoms with E-state index in [-0.39, 0.29) is 5.54 Å². The van der Waals surface area contributed by atoms with Crippen molar-refractivity contribution < 1.29 is 4.74 Å². The average Bonchev–Trinajstić information content (AvgIpc) is 2.86. The summed E-state index contributed by atoms with van der Waals surface area (Å²) in [4.78, 5) is 0. The summed E-state index contributed by atoms with van der Waals surface area (Å²) < 4.78 is 7.69. The van der Waals surface area contributed by atoms with E-state index < -0.39 is 0 Å². The molecule has 104 valence electrons. The minimum atomic E-state index is -0.195. The predicted octanol–water partition coefficient (Wildman–Crippen LogP) is 2.89. The molecule has 2 N–H and O–H groups in total. The Bertz CT molecular complexity index is 345. The van der Waals surface area contributed by atoms with Gasteiger partial charge in [-0.05, 0) is 32.3 Å². The second-order valence-electron chi connectivity index (χ2n) is 5.11. The highest BCUT2D eigenvalue weighted by Crippen LogP contribution is 2.13. The molecule has 0 aliphatic rings. The maximum absolute atomic E-state index is 6.19. The van der Waals surface area contributed by atoms with E-state index in [1.54, 1.807) is 0 Å². The van der Waals surface area contributed by atoms with Crippen LogP contribution in [-0.4, -0.2) is 21.9 Å². The van der Waals surface area contributed by atoms with Crippen molar-refractivity contribution in [1.29, 1.82) is 0 Å². The summed E-state index contributed by atoms with van der Waals surface area (Å²) in [7, 11) is 0. The van der Waals surface area contributed by atoms with E-state index in [9.17, 15) is 0 Å². The molecule has 0 fully saturated rings. The molecule has 18 heavy (non-hydrogen) atoms. The molecule has 1 aromatic rings. The quantitative estimate of drug-likeness (QED) is 0.775. The molecule has 0 saturated carbocycles. The van der Waals surface area contributed by atoms with Crippen LogP contribution in [-0.2, 0) is 11.3 Å². The zero-order valence-corrected chi connectivity index (χ0v) is 12.1. The van der Waals surface area contributed by atoms with Gasteiger partial charge in [-0.3, -0.25) is 4.68 Å². The summed E-state index contributed by atoms with van der Waals surface area (Å²) in [6.45, 7) is 9.66. The standard InChI is InChI=1S/C14H27N3O/c1-5-12(4)17-9-8-13(16-17)10-18-11-14(15,6-2)7-3/h8-9,12H,5-7,10-11,15H2,1-4H3. The molecular weight excluding hydrogens is 226 g/mol. The third-order valence-corrected chi connectivity index (χ3v) is 3.75. The van der Waals surface area contributed by atoms with E-state index in [1.807, 2.05) is 16.9 Å². The van der Waals surface area contributed by atoms with E-state index in [2.05, 4.69) is 32.8 Å². The molecule has 0 spiro atoms. The molecular formula is C14H27N3O. The molecule has 4 heteroatoms. The Hall–Kier alpha value is -0.870. The summed E-state index contributed by atoms with van der Waals surface area (Å²) in [5.41, 5.74) is 6.97. The lowest BCUT2D eigenvalue weighted by molar-refractivity contribution is 0.0673. The smallest absolute Gasteiger partial charge is 0.0907 e. The first-order chi connectivity index (χ1) is 8.54. The minimum absolute atomic E-state index is 0.195. The lowest BCUT2D eigenvalue weighted by Crippen LogP contribution is -2.43. The van der Waals surface area contributed by atoms with Crippen LogP contribution < -0.4 is 5.73 Å². The lowest BCUT2D eigenvalue weighted by Gasteiger charge is -2.25. The Balaban J connectivity index is 2.42. The van der Waals surface area contributed by atoms with E-state index in [1.165, 1.54) is 0 Å². The van der Waals surface area contributed by atoms with Crippen molar-refractivity contribution in [3.05, 3.63) is 18.0 Å². The first-order valence-electron chi connectivity index (χ1n) is 6.95. The monoisotopic (exact) mass is 253 g/mol. The fraction of sp³-hybridized carbons (Fsp3) is 0.786. The molecule has 0 radical (unpaired) electrons. The van der Waals surface area contributed by atoms with Gasteiger partial charge in [0.15, 0.2) is 0 Å². The molecule has 1 aromatic heterocycles. The Kier molecular flexibility index (Phi) is 5.82. The number of rotatable bonds is 8. The molecule has 0 bridgehead atoms. The Morgan fingerprint density at radius 3 is 2.61 bits per heavy atom. The van der Waals surface area contributed by atoms with Crippen molar-refractivity contribution in [3.63, 3.8) is 0 Å². The predicted molar refractivity (Wildman–Crippen MR) is 74.4 cm³/mol. The first-order valence-corrected chi connectivity index (χ1v) is 6.95. The van der Waals surface area contributed by atoms with Crippen LogP contribution in [0.3, 0.4) is 0 Å². The fourth-order valence-corrected chi connectivity index (χ4v) is 1.70. The van der Waals surface area contributed by atoms with Gasteiger partial charge in [-0.1, -0.05) is 20.8 Å². The number of hydrogen-bond acceptors (Lipinski definition) is 3. The molecule has 1 unspecified atom stereocenters. The molecule has 1 atom stereocenters. The van der Waals surface area contributed by atoms with Gasteiger partial charge in [-0.15, -0.1) is 0 Å². The molecule has 1 heterocycles. The van der Waals surface area contributed by atoms with E-state index in [0.29, 0.717) is 19.3 Å². The number of aromatic nitrogens is 2. The minimum Gasteiger partial charge on any atom is -0.373 e. The molecule has 0 aliphatic heterocycles. The number of ether oxygens (including phenoxy) is 1. The largest absolute Gasteiger partial charge is 0.373 e. The van der Waals surface area contributed by atoms with E-state index >= 15 is 0 Å². The van der Waals surface area contributed by atoms with Crippen LogP contribution in [0.15, 0.2) is 12.3 Å². The maximum Gasteiger partial charge on any atom is 0.0907 e. The van der Waals surface area contributed by atoms with Crippen LogP contribution in [0, 0.1) is 0 Å². The Morgan fingerprint density at radius 1 is 1.39 bits per heavy atom. The first kappa shape index (κ1) is 15.2. The highest BCUT2D eigenvalue weighted by Gasteiger charge is 2.20. The van der Waals surface area contributed by atoms with Gasteiger partial charge in [-0.25, -0.2) is 0 Å². The van der Waals surface area contributed by atoms with Crippen molar-refractivity contribution in [1.82, 2.24) is 9.78 Å². The van der Waals surface area contributed by atoms with Gasteiger partial charge < -0.3 is 10.5 Å². The van der Waals surface area contributed by atoms with Crippen LogP contribution in [0.1, 0.15) is 58.7 Å². The Morgan fingerprint density at radius 2 is 2.06 bits per heavy atom. The SMILES string of the molecule is CCC(C)n1ccc(COCC(N)(CC)CC)n1. The van der Waals surface area contributed by atoms with Crippen LogP contribution in [0.5, 0.6) is 0 Å². The number of hydrogen-bond donors (Lipinski definition) is 1. The van der Waals surface area contributed by atoms with Gasteiger partial charge >= 0.3 is 0 Å². The third-order valence-electron chi connectivity index (χ3n) is 3.75. The van der Waals surface area contributed by atoms with Crippen LogP contribution in [0.2, 0.25) is 0 Å². The van der Waals surface area contributed by atoms with Crippen molar-refractivity contribution >= 4 is 0 Å². The summed E-state index contributed by atoms with van der Waals surface area (Å²) in [5, 5.41) is 4.50. The maximum atomic E-state index is 6.19. The van der Waals surface area contributed by atoms with Crippen LogP contribution in [0.25, 0.3) is 0 Å².